The number of aliphatic hydroxyl groups is 1. The molecule has 1 unspecified atom stereocenters. The Balaban J connectivity index is 3.39. The van der Waals surface area contributed by atoms with Gasteiger partial charge in [0.1, 0.15) is 6.23 Å². The van der Waals surface area contributed by atoms with E-state index in [9.17, 15) is 4.79 Å². The van der Waals surface area contributed by atoms with Gasteiger partial charge in [-0.15, -0.1) is 0 Å². The van der Waals surface area contributed by atoms with Crippen molar-refractivity contribution in [1.82, 2.24) is 0 Å². The van der Waals surface area contributed by atoms with Gasteiger partial charge in [0.2, 0.25) is 0 Å². The first-order chi connectivity index (χ1) is 4.54. The lowest BCUT2D eigenvalue weighted by Gasteiger charge is -2.11. The Labute approximate surface area is 59.7 Å². The fourth-order valence-corrected chi connectivity index (χ4v) is 0.522. The van der Waals surface area contributed by atoms with E-state index in [0.29, 0.717) is 6.42 Å². The van der Waals surface area contributed by atoms with E-state index in [1.165, 1.54) is 0 Å². The van der Waals surface area contributed by atoms with Crippen LogP contribution in [0.1, 0.15) is 19.8 Å². The van der Waals surface area contributed by atoms with E-state index in [1.807, 2.05) is 0 Å². The van der Waals surface area contributed by atoms with Gasteiger partial charge < -0.3 is 15.9 Å². The highest BCUT2D eigenvalue weighted by molar-refractivity contribution is 5.66. The minimum absolute atomic E-state index is 0.0649. The zero-order chi connectivity index (χ0) is 8.15. The molecule has 0 aromatic carbocycles. The van der Waals surface area contributed by atoms with Gasteiger partial charge in [0.25, 0.3) is 0 Å². The molecule has 4 nitrogen and oxygen atoms in total. The molecule has 0 rings (SSSR count). The zero-order valence-corrected chi connectivity index (χ0v) is 5.95. The van der Waals surface area contributed by atoms with Gasteiger partial charge >= 0.3 is 5.97 Å². The number of carboxylic acid groups (broad SMARTS) is 1. The van der Waals surface area contributed by atoms with Crippen LogP contribution >= 0.6 is 0 Å². The van der Waals surface area contributed by atoms with Gasteiger partial charge in [0.15, 0.2) is 0 Å². The molecule has 0 aromatic rings. The highest BCUT2D eigenvalue weighted by Crippen LogP contribution is 2.06. The van der Waals surface area contributed by atoms with E-state index >= 15 is 0 Å². The molecule has 0 saturated carbocycles. The molecule has 0 spiro atoms. The highest BCUT2D eigenvalue weighted by atomic mass is 16.4. The Bertz CT molecular complexity index is 114. The van der Waals surface area contributed by atoms with Crippen LogP contribution in [0.25, 0.3) is 0 Å². The number of carboxylic acids is 1. The molecule has 0 aliphatic heterocycles. The summed E-state index contributed by atoms with van der Waals surface area (Å²) in [5.74, 6) is -0.997. The minimum atomic E-state index is -0.903. The third kappa shape index (κ3) is 4.29. The summed E-state index contributed by atoms with van der Waals surface area (Å²) in [7, 11) is 0. The van der Waals surface area contributed by atoms with Crippen LogP contribution in [-0.4, -0.2) is 22.4 Å². The molecule has 0 aliphatic rings. The van der Waals surface area contributed by atoms with Gasteiger partial charge in [-0.3, -0.25) is 4.79 Å². The fourth-order valence-electron chi connectivity index (χ4n) is 0.522. The smallest absolute Gasteiger partial charge is 0.303 e. The van der Waals surface area contributed by atoms with Crippen molar-refractivity contribution in [1.29, 1.82) is 0 Å². The lowest BCUT2D eigenvalue weighted by Crippen LogP contribution is -2.27. The number of carbonyl (C=O) groups is 1. The summed E-state index contributed by atoms with van der Waals surface area (Å²) in [4.78, 5) is 10.0. The average molecular weight is 147 g/mol. The molecule has 2 atom stereocenters. The van der Waals surface area contributed by atoms with E-state index in [1.54, 1.807) is 6.92 Å². The normalized spacial score (nSPS) is 16.3. The van der Waals surface area contributed by atoms with Gasteiger partial charge in [-0.05, 0) is 12.3 Å². The summed E-state index contributed by atoms with van der Waals surface area (Å²) >= 11 is 0. The average Bonchev–Trinajstić information content (AvgIpc) is 1.82. The van der Waals surface area contributed by atoms with Crippen molar-refractivity contribution in [2.24, 2.45) is 11.7 Å². The Morgan fingerprint density at radius 1 is 1.70 bits per heavy atom. The summed E-state index contributed by atoms with van der Waals surface area (Å²) < 4.78 is 0. The SMILES string of the molecule is C[C@@H](CCC(=O)O)C(N)O. The van der Waals surface area contributed by atoms with E-state index in [2.05, 4.69) is 0 Å². The van der Waals surface area contributed by atoms with Gasteiger partial charge in [-0.1, -0.05) is 6.92 Å². The molecule has 0 aliphatic carbocycles. The lowest BCUT2D eigenvalue weighted by molar-refractivity contribution is -0.137. The standard InChI is InChI=1S/C6H13NO3/c1-4(6(7)10)2-3-5(8)9/h4,6,10H,2-3,7H2,1H3,(H,8,9)/t4-,6?/m0/s1. The maximum absolute atomic E-state index is 10.0. The van der Waals surface area contributed by atoms with E-state index in [-0.39, 0.29) is 12.3 Å². The van der Waals surface area contributed by atoms with Crippen molar-refractivity contribution < 1.29 is 15.0 Å². The third-order valence-corrected chi connectivity index (χ3v) is 1.40. The molecule has 0 radical (unpaired) electrons. The number of hydrogen-bond acceptors (Lipinski definition) is 3. The number of aliphatic hydroxyl groups excluding tert-OH is 1. The van der Waals surface area contributed by atoms with Crippen LogP contribution in [0.15, 0.2) is 0 Å². The first kappa shape index (κ1) is 9.39. The number of aliphatic carboxylic acids is 1. The number of rotatable bonds is 4. The summed E-state index contributed by atoms with van der Waals surface area (Å²) in [6.07, 6.45) is -0.415. The van der Waals surface area contributed by atoms with Crippen molar-refractivity contribution in [3.05, 3.63) is 0 Å². The Morgan fingerprint density at radius 2 is 2.20 bits per heavy atom. The van der Waals surface area contributed by atoms with E-state index < -0.39 is 12.2 Å². The molecule has 0 heterocycles. The van der Waals surface area contributed by atoms with Crippen LogP contribution in [0.5, 0.6) is 0 Å². The summed E-state index contributed by atoms with van der Waals surface area (Å²) in [6, 6.07) is 0. The monoisotopic (exact) mass is 147 g/mol. The van der Waals surface area contributed by atoms with Crippen LogP contribution in [0.4, 0.5) is 0 Å². The summed E-state index contributed by atoms with van der Waals surface area (Å²) in [5, 5.41) is 16.9. The Morgan fingerprint density at radius 3 is 2.50 bits per heavy atom. The minimum Gasteiger partial charge on any atom is -0.481 e. The van der Waals surface area contributed by atoms with Gasteiger partial charge in [0, 0.05) is 6.42 Å². The molecule has 0 saturated heterocycles. The Hall–Kier alpha value is -0.610. The second kappa shape index (κ2) is 4.24. The zero-order valence-electron chi connectivity index (χ0n) is 5.95. The molecule has 0 aromatic heterocycles. The predicted octanol–water partition coefficient (Wildman–Crippen LogP) is -0.236. The van der Waals surface area contributed by atoms with Crippen LogP contribution in [0.2, 0.25) is 0 Å². The molecule has 10 heavy (non-hydrogen) atoms. The van der Waals surface area contributed by atoms with Crippen LogP contribution in [0, 0.1) is 5.92 Å². The van der Waals surface area contributed by atoms with E-state index in [4.69, 9.17) is 15.9 Å². The molecule has 0 amide bonds. The lowest BCUT2D eigenvalue weighted by atomic mass is 10.0. The van der Waals surface area contributed by atoms with E-state index in [0.717, 1.165) is 0 Å². The topological polar surface area (TPSA) is 83.5 Å². The second-order valence-corrected chi connectivity index (χ2v) is 2.40. The molecule has 4 heteroatoms. The van der Waals surface area contributed by atoms with Crippen molar-refractivity contribution in [3.63, 3.8) is 0 Å². The first-order valence-corrected chi connectivity index (χ1v) is 3.19. The van der Waals surface area contributed by atoms with Gasteiger partial charge in [-0.2, -0.15) is 0 Å². The largest absolute Gasteiger partial charge is 0.481 e. The fraction of sp³-hybridized carbons (Fsp3) is 0.833. The van der Waals surface area contributed by atoms with Crippen LogP contribution in [0.3, 0.4) is 0 Å². The molecule has 4 N–H and O–H groups in total. The van der Waals surface area contributed by atoms with Crippen LogP contribution < -0.4 is 5.73 Å². The van der Waals surface area contributed by atoms with Crippen molar-refractivity contribution >= 4 is 5.97 Å². The predicted molar refractivity (Wildman–Crippen MR) is 36.2 cm³/mol. The number of hydrogen-bond donors (Lipinski definition) is 3. The van der Waals surface area contributed by atoms with Gasteiger partial charge in [-0.25, -0.2) is 0 Å². The van der Waals surface area contributed by atoms with Crippen LogP contribution in [-0.2, 0) is 4.79 Å². The molecular formula is C6H13NO3. The second-order valence-electron chi connectivity index (χ2n) is 2.40. The summed E-state index contributed by atoms with van der Waals surface area (Å²) in [5.41, 5.74) is 5.08. The molecule has 0 bridgehead atoms. The molecular weight excluding hydrogens is 134 g/mol. The number of nitrogens with two attached hydrogens (primary N) is 1. The summed E-state index contributed by atoms with van der Waals surface area (Å²) in [6.45, 7) is 1.72. The Kier molecular flexibility index (Phi) is 3.99. The first-order valence-electron chi connectivity index (χ1n) is 3.19. The van der Waals surface area contributed by atoms with Crippen molar-refractivity contribution in [3.8, 4) is 0 Å². The molecule has 60 valence electrons. The maximum Gasteiger partial charge on any atom is 0.303 e. The third-order valence-electron chi connectivity index (χ3n) is 1.40. The quantitative estimate of drug-likeness (QED) is 0.479. The van der Waals surface area contributed by atoms with Crippen molar-refractivity contribution in [2.75, 3.05) is 0 Å². The highest BCUT2D eigenvalue weighted by Gasteiger charge is 2.10. The van der Waals surface area contributed by atoms with Crippen molar-refractivity contribution in [2.45, 2.75) is 26.0 Å². The molecule has 0 fully saturated rings. The van der Waals surface area contributed by atoms with Gasteiger partial charge in [0.05, 0.1) is 0 Å². The maximum atomic E-state index is 10.0.